The molecule has 0 spiro atoms. The summed E-state index contributed by atoms with van der Waals surface area (Å²) in [5, 5.41) is 9.17. The van der Waals surface area contributed by atoms with E-state index in [1.54, 1.807) is 0 Å². The molecule has 5 heteroatoms. The Hall–Kier alpha value is -0.650. The van der Waals surface area contributed by atoms with Crippen LogP contribution in [0.15, 0.2) is 0 Å². The standard InChI is InChI=1S/C15H33N3O2/c1-13(2,9-16)8-15(5,6)18(7-12(19)20)11-14(3,4)10-17/h7-11,16-17H2,1-6H3,(H,19,20). The lowest BCUT2D eigenvalue weighted by molar-refractivity contribution is -0.140. The highest BCUT2D eigenvalue weighted by Crippen LogP contribution is 2.32. The van der Waals surface area contributed by atoms with Crippen molar-refractivity contribution in [2.45, 2.75) is 53.5 Å². The number of carboxylic acids is 1. The first kappa shape index (κ1) is 19.4. The third-order valence-corrected chi connectivity index (χ3v) is 3.82. The van der Waals surface area contributed by atoms with Gasteiger partial charge in [0.25, 0.3) is 0 Å². The van der Waals surface area contributed by atoms with Gasteiger partial charge in [0.2, 0.25) is 0 Å². The first-order valence-electron chi connectivity index (χ1n) is 7.22. The van der Waals surface area contributed by atoms with Gasteiger partial charge in [-0.15, -0.1) is 0 Å². The first-order chi connectivity index (χ1) is 8.85. The fraction of sp³-hybridized carbons (Fsp3) is 0.933. The molecule has 0 unspecified atom stereocenters. The Morgan fingerprint density at radius 3 is 1.80 bits per heavy atom. The zero-order valence-electron chi connectivity index (χ0n) is 14.0. The largest absolute Gasteiger partial charge is 0.480 e. The topological polar surface area (TPSA) is 92.6 Å². The first-order valence-corrected chi connectivity index (χ1v) is 7.22. The van der Waals surface area contributed by atoms with Crippen molar-refractivity contribution in [2.75, 3.05) is 26.2 Å². The van der Waals surface area contributed by atoms with Gasteiger partial charge >= 0.3 is 5.97 Å². The molecule has 0 aliphatic heterocycles. The van der Waals surface area contributed by atoms with Gasteiger partial charge in [0.15, 0.2) is 0 Å². The number of rotatable bonds is 9. The number of hydrogen-bond acceptors (Lipinski definition) is 4. The summed E-state index contributed by atoms with van der Waals surface area (Å²) in [7, 11) is 0. The second kappa shape index (κ2) is 6.87. The Morgan fingerprint density at radius 2 is 1.45 bits per heavy atom. The molecule has 0 amide bonds. The van der Waals surface area contributed by atoms with Gasteiger partial charge in [-0.05, 0) is 44.2 Å². The maximum Gasteiger partial charge on any atom is 0.317 e. The summed E-state index contributed by atoms with van der Waals surface area (Å²) in [6, 6.07) is 0. The van der Waals surface area contributed by atoms with Gasteiger partial charge in [0, 0.05) is 12.1 Å². The maximum atomic E-state index is 11.2. The Kier molecular flexibility index (Phi) is 6.65. The molecule has 0 fully saturated rings. The van der Waals surface area contributed by atoms with Crippen molar-refractivity contribution in [3.05, 3.63) is 0 Å². The van der Waals surface area contributed by atoms with Crippen molar-refractivity contribution in [2.24, 2.45) is 22.3 Å². The molecule has 120 valence electrons. The summed E-state index contributed by atoms with van der Waals surface area (Å²) in [4.78, 5) is 13.2. The lowest BCUT2D eigenvalue weighted by atomic mass is 9.78. The second-order valence-corrected chi connectivity index (χ2v) is 7.98. The average Bonchev–Trinajstić information content (AvgIpc) is 2.26. The summed E-state index contributed by atoms with van der Waals surface area (Å²) >= 11 is 0. The quantitative estimate of drug-likeness (QED) is 0.598. The summed E-state index contributed by atoms with van der Waals surface area (Å²) in [6.07, 6.45) is 0.838. The Morgan fingerprint density at radius 1 is 1.00 bits per heavy atom. The highest BCUT2D eigenvalue weighted by Gasteiger charge is 2.36. The van der Waals surface area contributed by atoms with Gasteiger partial charge in [-0.25, -0.2) is 0 Å². The molecule has 0 bridgehead atoms. The van der Waals surface area contributed by atoms with E-state index < -0.39 is 5.97 Å². The lowest BCUT2D eigenvalue weighted by Gasteiger charge is -2.45. The van der Waals surface area contributed by atoms with Crippen molar-refractivity contribution in [1.29, 1.82) is 0 Å². The van der Waals surface area contributed by atoms with Crippen molar-refractivity contribution < 1.29 is 9.90 Å². The van der Waals surface area contributed by atoms with Crippen LogP contribution in [0.25, 0.3) is 0 Å². The van der Waals surface area contributed by atoms with Gasteiger partial charge in [0.05, 0.1) is 6.54 Å². The van der Waals surface area contributed by atoms with Crippen LogP contribution in [0.2, 0.25) is 0 Å². The van der Waals surface area contributed by atoms with E-state index in [0.717, 1.165) is 6.42 Å². The van der Waals surface area contributed by atoms with Crippen LogP contribution in [0, 0.1) is 10.8 Å². The van der Waals surface area contributed by atoms with E-state index >= 15 is 0 Å². The minimum absolute atomic E-state index is 0.0207. The van der Waals surface area contributed by atoms with Gasteiger partial charge in [-0.1, -0.05) is 27.7 Å². The Bertz CT molecular complexity index is 325. The molecule has 0 aliphatic rings. The number of carbonyl (C=O) groups is 1. The zero-order chi connectivity index (χ0) is 16.2. The summed E-state index contributed by atoms with van der Waals surface area (Å²) in [5.41, 5.74) is 11.2. The molecule has 0 atom stereocenters. The molecule has 0 saturated heterocycles. The Labute approximate surface area is 123 Å². The van der Waals surface area contributed by atoms with E-state index in [4.69, 9.17) is 11.5 Å². The van der Waals surface area contributed by atoms with Gasteiger partial charge in [-0.2, -0.15) is 0 Å². The predicted octanol–water partition coefficient (Wildman–Crippen LogP) is 1.51. The van der Waals surface area contributed by atoms with Gasteiger partial charge in [-0.3, -0.25) is 9.69 Å². The molecule has 0 aromatic rings. The monoisotopic (exact) mass is 287 g/mol. The highest BCUT2D eigenvalue weighted by molar-refractivity contribution is 5.69. The van der Waals surface area contributed by atoms with Crippen LogP contribution in [0.4, 0.5) is 0 Å². The van der Waals surface area contributed by atoms with Crippen LogP contribution in [0.5, 0.6) is 0 Å². The van der Waals surface area contributed by atoms with Crippen molar-refractivity contribution in [1.82, 2.24) is 4.90 Å². The molecule has 0 aromatic heterocycles. The SMILES string of the molecule is CC(C)(CN)CN(CC(=O)O)C(C)(C)CC(C)(C)CN. The van der Waals surface area contributed by atoms with Gasteiger partial charge < -0.3 is 16.6 Å². The van der Waals surface area contributed by atoms with Crippen LogP contribution >= 0.6 is 0 Å². The van der Waals surface area contributed by atoms with E-state index in [9.17, 15) is 9.90 Å². The Balaban J connectivity index is 5.14. The fourth-order valence-electron chi connectivity index (χ4n) is 2.58. The van der Waals surface area contributed by atoms with Crippen molar-refractivity contribution in [3.8, 4) is 0 Å². The van der Waals surface area contributed by atoms with Crippen LogP contribution < -0.4 is 11.5 Å². The number of aliphatic carboxylic acids is 1. The number of hydrogen-bond donors (Lipinski definition) is 3. The fourth-order valence-corrected chi connectivity index (χ4v) is 2.58. The average molecular weight is 287 g/mol. The predicted molar refractivity (Wildman–Crippen MR) is 83.6 cm³/mol. The van der Waals surface area contributed by atoms with Crippen LogP contribution in [0.3, 0.4) is 0 Å². The molecular formula is C15H33N3O2. The second-order valence-electron chi connectivity index (χ2n) is 7.98. The molecule has 5 nitrogen and oxygen atoms in total. The van der Waals surface area contributed by atoms with Crippen molar-refractivity contribution >= 4 is 5.97 Å². The number of nitrogens with two attached hydrogens (primary N) is 2. The molecule has 0 aromatic carbocycles. The molecular weight excluding hydrogens is 254 g/mol. The maximum absolute atomic E-state index is 11.2. The van der Waals surface area contributed by atoms with Crippen LogP contribution in [-0.4, -0.2) is 47.7 Å². The minimum Gasteiger partial charge on any atom is -0.480 e. The third-order valence-electron chi connectivity index (χ3n) is 3.82. The highest BCUT2D eigenvalue weighted by atomic mass is 16.4. The van der Waals surface area contributed by atoms with Crippen molar-refractivity contribution in [3.63, 3.8) is 0 Å². The smallest absolute Gasteiger partial charge is 0.317 e. The summed E-state index contributed by atoms with van der Waals surface area (Å²) < 4.78 is 0. The number of nitrogens with zero attached hydrogens (tertiary/aromatic N) is 1. The molecule has 0 rings (SSSR count). The van der Waals surface area contributed by atoms with E-state index in [1.807, 2.05) is 4.90 Å². The molecule has 5 N–H and O–H groups in total. The van der Waals surface area contributed by atoms with Gasteiger partial charge in [0.1, 0.15) is 0 Å². The third kappa shape index (κ3) is 6.68. The lowest BCUT2D eigenvalue weighted by Crippen LogP contribution is -2.53. The van der Waals surface area contributed by atoms with Crippen LogP contribution in [0.1, 0.15) is 48.0 Å². The molecule has 0 heterocycles. The van der Waals surface area contributed by atoms with E-state index in [1.165, 1.54) is 0 Å². The molecule has 0 saturated carbocycles. The molecule has 0 radical (unpaired) electrons. The molecule has 0 aliphatic carbocycles. The summed E-state index contributed by atoms with van der Waals surface area (Å²) in [6.45, 7) is 14.3. The zero-order valence-corrected chi connectivity index (χ0v) is 14.0. The van der Waals surface area contributed by atoms with E-state index in [2.05, 4.69) is 41.5 Å². The molecule has 20 heavy (non-hydrogen) atoms. The van der Waals surface area contributed by atoms with E-state index in [-0.39, 0.29) is 22.9 Å². The van der Waals surface area contributed by atoms with Crippen LogP contribution in [-0.2, 0) is 4.79 Å². The number of carboxylic acid groups (broad SMARTS) is 1. The normalized spacial score (nSPS) is 13.8. The summed E-state index contributed by atoms with van der Waals surface area (Å²) in [5.74, 6) is -0.809. The van der Waals surface area contributed by atoms with E-state index in [0.29, 0.717) is 19.6 Å². The minimum atomic E-state index is -0.809.